The van der Waals surface area contributed by atoms with E-state index in [-0.39, 0.29) is 0 Å². The Labute approximate surface area is 172 Å². The Balaban J connectivity index is 1.92. The molecule has 0 spiro atoms. The number of rotatable bonds is 6. The largest absolute Gasteiger partial charge is 0.490 e. The summed E-state index contributed by atoms with van der Waals surface area (Å²) < 4.78 is 5.95. The number of pyridine rings is 2. The minimum atomic E-state index is 0.496. The van der Waals surface area contributed by atoms with Crippen molar-refractivity contribution in [1.82, 2.24) is 20.3 Å². The van der Waals surface area contributed by atoms with E-state index in [1.54, 1.807) is 24.7 Å². The van der Waals surface area contributed by atoms with Crippen molar-refractivity contribution >= 4 is 34.2 Å². The SMILES string of the molecule is CNCCOc1cnccc1-c1[nH]c2cccnc2c1-c1ccc(Cl)c(Cl)c1. The highest BCUT2D eigenvalue weighted by atomic mass is 35.5. The molecule has 4 aromatic rings. The number of halogens is 2. The van der Waals surface area contributed by atoms with E-state index in [0.29, 0.717) is 22.4 Å². The maximum absolute atomic E-state index is 6.29. The van der Waals surface area contributed by atoms with Gasteiger partial charge in [0.25, 0.3) is 0 Å². The first-order chi connectivity index (χ1) is 13.7. The van der Waals surface area contributed by atoms with Crippen molar-refractivity contribution in [3.8, 4) is 28.1 Å². The number of hydrogen-bond acceptors (Lipinski definition) is 4. The number of H-pyrrole nitrogens is 1. The first kappa shape index (κ1) is 18.7. The van der Waals surface area contributed by atoms with E-state index < -0.39 is 0 Å². The fourth-order valence-corrected chi connectivity index (χ4v) is 3.42. The molecule has 0 bridgehead atoms. The normalized spacial score (nSPS) is 11.1. The molecular weight excluding hydrogens is 395 g/mol. The fourth-order valence-electron chi connectivity index (χ4n) is 3.12. The molecule has 3 heterocycles. The maximum Gasteiger partial charge on any atom is 0.146 e. The molecule has 142 valence electrons. The first-order valence-electron chi connectivity index (χ1n) is 8.83. The van der Waals surface area contributed by atoms with Crippen LogP contribution in [0, 0.1) is 0 Å². The van der Waals surface area contributed by atoms with Crippen molar-refractivity contribution in [3.05, 3.63) is 65.0 Å². The Morgan fingerprint density at radius 3 is 2.82 bits per heavy atom. The van der Waals surface area contributed by atoms with Gasteiger partial charge in [-0.3, -0.25) is 9.97 Å². The van der Waals surface area contributed by atoms with Gasteiger partial charge in [-0.1, -0.05) is 29.3 Å². The Kier molecular flexibility index (Phi) is 5.48. The predicted octanol–water partition coefficient (Wildman–Crippen LogP) is 5.20. The molecule has 0 fully saturated rings. The van der Waals surface area contributed by atoms with Crippen LogP contribution in [0.4, 0.5) is 0 Å². The number of likely N-dealkylation sites (N-methyl/N-ethyl adjacent to an activating group) is 1. The highest BCUT2D eigenvalue weighted by molar-refractivity contribution is 6.42. The lowest BCUT2D eigenvalue weighted by atomic mass is 10.0. The Bertz CT molecular complexity index is 1130. The van der Waals surface area contributed by atoms with Gasteiger partial charge in [0.2, 0.25) is 0 Å². The third-order valence-corrected chi connectivity index (χ3v) is 5.16. The minimum Gasteiger partial charge on any atom is -0.490 e. The van der Waals surface area contributed by atoms with Gasteiger partial charge in [0.05, 0.1) is 33.0 Å². The molecule has 0 radical (unpaired) electrons. The summed E-state index contributed by atoms with van der Waals surface area (Å²) in [5.41, 5.74) is 5.45. The number of aromatic amines is 1. The van der Waals surface area contributed by atoms with Crippen molar-refractivity contribution in [2.24, 2.45) is 0 Å². The molecule has 1 aromatic carbocycles. The topological polar surface area (TPSA) is 62.8 Å². The summed E-state index contributed by atoms with van der Waals surface area (Å²) in [6.45, 7) is 1.28. The molecule has 0 unspecified atom stereocenters. The van der Waals surface area contributed by atoms with Crippen LogP contribution in [0.5, 0.6) is 5.75 Å². The average molecular weight is 413 g/mol. The lowest BCUT2D eigenvalue weighted by Crippen LogP contribution is -2.16. The zero-order chi connectivity index (χ0) is 19.5. The molecule has 0 amide bonds. The lowest BCUT2D eigenvalue weighted by molar-refractivity contribution is 0.318. The van der Waals surface area contributed by atoms with Gasteiger partial charge in [0.15, 0.2) is 0 Å². The third kappa shape index (κ3) is 3.56. The molecule has 0 aliphatic carbocycles. The van der Waals surface area contributed by atoms with Gasteiger partial charge in [-0.05, 0) is 42.9 Å². The van der Waals surface area contributed by atoms with Gasteiger partial charge in [0.1, 0.15) is 12.4 Å². The molecule has 0 saturated heterocycles. The van der Waals surface area contributed by atoms with E-state index >= 15 is 0 Å². The van der Waals surface area contributed by atoms with Crippen LogP contribution in [0.2, 0.25) is 10.0 Å². The van der Waals surface area contributed by atoms with Crippen molar-refractivity contribution in [1.29, 1.82) is 0 Å². The van der Waals surface area contributed by atoms with Crippen LogP contribution in [0.1, 0.15) is 0 Å². The van der Waals surface area contributed by atoms with Gasteiger partial charge in [-0.2, -0.15) is 0 Å². The number of benzene rings is 1. The summed E-state index contributed by atoms with van der Waals surface area (Å²) in [6, 6.07) is 11.4. The highest BCUT2D eigenvalue weighted by Crippen LogP contribution is 2.41. The van der Waals surface area contributed by atoms with Gasteiger partial charge in [-0.15, -0.1) is 0 Å². The number of nitrogens with zero attached hydrogens (tertiary/aromatic N) is 2. The second-order valence-corrected chi connectivity index (χ2v) is 7.04. The molecule has 3 aromatic heterocycles. The summed E-state index contributed by atoms with van der Waals surface area (Å²) in [5.74, 6) is 0.700. The predicted molar refractivity (Wildman–Crippen MR) is 114 cm³/mol. The van der Waals surface area contributed by atoms with Gasteiger partial charge >= 0.3 is 0 Å². The van der Waals surface area contributed by atoms with Crippen molar-refractivity contribution in [3.63, 3.8) is 0 Å². The first-order valence-corrected chi connectivity index (χ1v) is 9.58. The molecule has 28 heavy (non-hydrogen) atoms. The number of nitrogens with one attached hydrogen (secondary N) is 2. The van der Waals surface area contributed by atoms with Crippen LogP contribution in [-0.4, -0.2) is 35.2 Å². The van der Waals surface area contributed by atoms with Crippen molar-refractivity contribution < 1.29 is 4.74 Å². The lowest BCUT2D eigenvalue weighted by Gasteiger charge is -2.12. The third-order valence-electron chi connectivity index (χ3n) is 4.43. The fraction of sp³-hybridized carbons (Fsp3) is 0.143. The van der Waals surface area contributed by atoms with Crippen molar-refractivity contribution in [2.45, 2.75) is 0 Å². The Morgan fingerprint density at radius 2 is 2.00 bits per heavy atom. The zero-order valence-electron chi connectivity index (χ0n) is 15.2. The molecule has 0 saturated carbocycles. The number of hydrogen-bond donors (Lipinski definition) is 2. The van der Waals surface area contributed by atoms with Crippen LogP contribution in [0.25, 0.3) is 33.4 Å². The Morgan fingerprint density at radius 1 is 1.11 bits per heavy atom. The van der Waals surface area contributed by atoms with Gasteiger partial charge in [0, 0.05) is 30.1 Å². The molecule has 4 rings (SSSR count). The molecule has 0 aliphatic heterocycles. The molecule has 2 N–H and O–H groups in total. The molecule has 0 atom stereocenters. The van der Waals surface area contributed by atoms with Gasteiger partial charge < -0.3 is 15.0 Å². The second kappa shape index (κ2) is 8.19. The number of fused-ring (bicyclic) bond motifs is 1. The summed E-state index contributed by atoms with van der Waals surface area (Å²) in [4.78, 5) is 12.3. The van der Waals surface area contributed by atoms with E-state index in [1.807, 2.05) is 37.4 Å². The summed E-state index contributed by atoms with van der Waals surface area (Å²) in [5, 5.41) is 4.09. The average Bonchev–Trinajstić information content (AvgIpc) is 3.10. The monoisotopic (exact) mass is 412 g/mol. The number of ether oxygens (including phenoxy) is 1. The molecule has 7 heteroatoms. The van der Waals surface area contributed by atoms with E-state index in [2.05, 4.69) is 20.3 Å². The summed E-state index contributed by atoms with van der Waals surface area (Å²) in [7, 11) is 1.89. The summed E-state index contributed by atoms with van der Waals surface area (Å²) >= 11 is 12.4. The smallest absolute Gasteiger partial charge is 0.146 e. The zero-order valence-corrected chi connectivity index (χ0v) is 16.7. The summed E-state index contributed by atoms with van der Waals surface area (Å²) in [6.07, 6.45) is 5.25. The van der Waals surface area contributed by atoms with E-state index in [4.69, 9.17) is 27.9 Å². The Hall–Kier alpha value is -2.60. The van der Waals surface area contributed by atoms with Crippen molar-refractivity contribution in [2.75, 3.05) is 20.2 Å². The maximum atomic E-state index is 6.29. The number of aromatic nitrogens is 3. The minimum absolute atomic E-state index is 0.496. The standard InChI is InChI=1S/C21H18Cl2N4O/c1-24-9-10-28-18-12-25-8-6-14(18)20-19(13-4-5-15(22)16(23)11-13)21-17(27-20)3-2-7-26-21/h2-8,11-12,24,27H,9-10H2,1H3. The van der Waals surface area contributed by atoms with E-state index in [9.17, 15) is 0 Å². The van der Waals surface area contributed by atoms with Gasteiger partial charge in [-0.25, -0.2) is 0 Å². The van der Waals surface area contributed by atoms with E-state index in [1.165, 1.54) is 0 Å². The van der Waals surface area contributed by atoms with Crippen LogP contribution >= 0.6 is 23.2 Å². The molecular formula is C21H18Cl2N4O. The molecule has 0 aliphatic rings. The van der Waals surface area contributed by atoms with Crippen LogP contribution in [0.15, 0.2) is 55.0 Å². The second-order valence-electron chi connectivity index (χ2n) is 6.23. The highest BCUT2D eigenvalue weighted by Gasteiger charge is 2.19. The van der Waals surface area contributed by atoms with Crippen LogP contribution in [-0.2, 0) is 0 Å². The van der Waals surface area contributed by atoms with E-state index in [0.717, 1.165) is 40.0 Å². The van der Waals surface area contributed by atoms with Crippen LogP contribution < -0.4 is 10.1 Å². The molecule has 5 nitrogen and oxygen atoms in total. The van der Waals surface area contributed by atoms with Crippen LogP contribution in [0.3, 0.4) is 0 Å². The quantitative estimate of drug-likeness (QED) is 0.427.